The molecule has 0 unspecified atom stereocenters. The molecule has 0 aliphatic carbocycles. The van der Waals surface area contributed by atoms with Crippen molar-refractivity contribution in [3.05, 3.63) is 82.3 Å². The van der Waals surface area contributed by atoms with Gasteiger partial charge in [0.05, 0.1) is 30.0 Å². The molecule has 3 aromatic carbocycles. The summed E-state index contributed by atoms with van der Waals surface area (Å²) < 4.78 is 38.8. The van der Waals surface area contributed by atoms with E-state index in [1.54, 1.807) is 36.4 Å². The molecule has 190 valence electrons. The molecule has 0 atom stereocenters. The largest absolute Gasteiger partial charge is 0.490 e. The third kappa shape index (κ3) is 7.13. The van der Waals surface area contributed by atoms with E-state index in [4.69, 9.17) is 32.7 Å². The second-order valence-electron chi connectivity index (χ2n) is 7.31. The van der Waals surface area contributed by atoms with Crippen molar-refractivity contribution in [2.24, 2.45) is 5.10 Å². The molecule has 0 spiro atoms. The van der Waals surface area contributed by atoms with E-state index >= 15 is 0 Å². The molecular formula is C25H25Cl2N3O5S. The van der Waals surface area contributed by atoms with Crippen molar-refractivity contribution < 1.29 is 22.7 Å². The number of nitrogens with zero attached hydrogens (tertiary/aromatic N) is 2. The number of amides is 1. The van der Waals surface area contributed by atoms with E-state index in [-0.39, 0.29) is 10.6 Å². The van der Waals surface area contributed by atoms with Gasteiger partial charge in [0.2, 0.25) is 0 Å². The smallest absolute Gasteiger partial charge is 0.264 e. The zero-order valence-corrected chi connectivity index (χ0v) is 22.0. The van der Waals surface area contributed by atoms with Gasteiger partial charge in [-0.05, 0) is 80.1 Å². The highest BCUT2D eigenvalue weighted by atomic mass is 35.5. The number of hydrazone groups is 1. The topological polar surface area (TPSA) is 97.3 Å². The van der Waals surface area contributed by atoms with Gasteiger partial charge < -0.3 is 9.47 Å². The number of hydrogen-bond acceptors (Lipinski definition) is 6. The van der Waals surface area contributed by atoms with Crippen molar-refractivity contribution in [1.82, 2.24) is 5.43 Å². The Morgan fingerprint density at radius 2 is 1.64 bits per heavy atom. The van der Waals surface area contributed by atoms with E-state index in [0.717, 1.165) is 4.31 Å². The Hall–Kier alpha value is -3.27. The van der Waals surface area contributed by atoms with E-state index in [9.17, 15) is 13.2 Å². The Bertz CT molecular complexity index is 1330. The highest BCUT2D eigenvalue weighted by Gasteiger charge is 2.27. The number of carbonyl (C=O) groups excluding carboxylic acids is 1. The van der Waals surface area contributed by atoms with E-state index in [1.165, 1.54) is 36.5 Å². The average Bonchev–Trinajstić information content (AvgIpc) is 2.84. The number of halogens is 2. The van der Waals surface area contributed by atoms with Crippen LogP contribution in [0.15, 0.2) is 76.7 Å². The molecule has 3 rings (SSSR count). The van der Waals surface area contributed by atoms with Gasteiger partial charge in [-0.1, -0.05) is 29.3 Å². The van der Waals surface area contributed by atoms with Gasteiger partial charge in [-0.3, -0.25) is 9.10 Å². The van der Waals surface area contributed by atoms with Gasteiger partial charge in [0.1, 0.15) is 6.54 Å². The van der Waals surface area contributed by atoms with Gasteiger partial charge in [0.25, 0.3) is 15.9 Å². The second kappa shape index (κ2) is 12.6. The molecule has 1 amide bonds. The minimum Gasteiger partial charge on any atom is -0.490 e. The lowest BCUT2D eigenvalue weighted by Crippen LogP contribution is -2.39. The molecule has 11 heteroatoms. The maximum Gasteiger partial charge on any atom is 0.264 e. The molecule has 0 radical (unpaired) electrons. The summed E-state index contributed by atoms with van der Waals surface area (Å²) in [5.74, 6) is 0.501. The number of benzene rings is 3. The maximum atomic E-state index is 13.4. The lowest BCUT2D eigenvalue weighted by Gasteiger charge is -2.23. The van der Waals surface area contributed by atoms with Gasteiger partial charge in [0, 0.05) is 10.0 Å². The van der Waals surface area contributed by atoms with Crippen LogP contribution >= 0.6 is 23.2 Å². The zero-order valence-electron chi connectivity index (χ0n) is 19.6. The monoisotopic (exact) mass is 549 g/mol. The van der Waals surface area contributed by atoms with Gasteiger partial charge in [-0.15, -0.1) is 0 Å². The number of rotatable bonds is 11. The number of ether oxygens (including phenoxy) is 2. The molecule has 8 nitrogen and oxygen atoms in total. The van der Waals surface area contributed by atoms with Crippen LogP contribution in [0.4, 0.5) is 5.69 Å². The SMILES string of the molecule is CCOc1ccc(/C=N\NC(=O)CN(c2cccc(Cl)c2)S(=O)(=O)c2ccc(Cl)cc2)cc1OCC. The Labute approximate surface area is 220 Å². The molecule has 0 aliphatic rings. The summed E-state index contributed by atoms with van der Waals surface area (Å²) >= 11 is 12.0. The standard InChI is InChI=1S/C25H25Cl2N3O5S/c1-3-34-23-13-8-18(14-24(23)35-4-2)16-28-29-25(31)17-30(21-7-5-6-20(27)15-21)36(32,33)22-11-9-19(26)10-12-22/h5-16H,3-4,17H2,1-2H3,(H,29,31)/b28-16-. The molecule has 0 saturated carbocycles. The normalized spacial score (nSPS) is 11.3. The van der Waals surface area contributed by atoms with Gasteiger partial charge in [0.15, 0.2) is 11.5 Å². The summed E-state index contributed by atoms with van der Waals surface area (Å²) in [5, 5.41) is 4.67. The molecule has 36 heavy (non-hydrogen) atoms. The first-order chi connectivity index (χ1) is 17.2. The summed E-state index contributed by atoms with van der Waals surface area (Å²) in [6, 6.07) is 17.1. The van der Waals surface area contributed by atoms with Crippen LogP contribution in [0.25, 0.3) is 0 Å². The van der Waals surface area contributed by atoms with Crippen molar-refractivity contribution in [3.8, 4) is 11.5 Å². The van der Waals surface area contributed by atoms with Crippen molar-refractivity contribution in [2.75, 3.05) is 24.1 Å². The number of hydrogen-bond donors (Lipinski definition) is 1. The summed E-state index contributed by atoms with van der Waals surface area (Å²) in [6.45, 7) is 4.15. The van der Waals surface area contributed by atoms with Crippen molar-refractivity contribution in [1.29, 1.82) is 0 Å². The minimum atomic E-state index is -4.11. The first-order valence-electron chi connectivity index (χ1n) is 11.0. The van der Waals surface area contributed by atoms with Crippen LogP contribution < -0.4 is 19.2 Å². The molecule has 1 N–H and O–H groups in total. The highest BCUT2D eigenvalue weighted by molar-refractivity contribution is 7.92. The number of anilines is 1. The Morgan fingerprint density at radius 1 is 0.944 bits per heavy atom. The van der Waals surface area contributed by atoms with Crippen molar-refractivity contribution in [2.45, 2.75) is 18.7 Å². The van der Waals surface area contributed by atoms with E-state index in [1.807, 2.05) is 13.8 Å². The summed E-state index contributed by atoms with van der Waals surface area (Å²) in [5.41, 5.74) is 3.25. The maximum absolute atomic E-state index is 13.4. The van der Waals surface area contributed by atoms with Crippen LogP contribution in [0.3, 0.4) is 0 Å². The molecule has 3 aromatic rings. The van der Waals surface area contributed by atoms with Crippen LogP contribution in [0.5, 0.6) is 11.5 Å². The molecule has 0 heterocycles. The lowest BCUT2D eigenvalue weighted by atomic mass is 10.2. The second-order valence-corrected chi connectivity index (χ2v) is 10.0. The first-order valence-corrected chi connectivity index (χ1v) is 13.2. The van der Waals surface area contributed by atoms with Gasteiger partial charge in [-0.2, -0.15) is 5.10 Å². The summed E-state index contributed by atoms with van der Waals surface area (Å²) in [4.78, 5) is 12.7. The fourth-order valence-electron chi connectivity index (χ4n) is 3.17. The predicted octanol–water partition coefficient (Wildman–Crippen LogP) is 5.14. The molecule has 0 bridgehead atoms. The third-order valence-electron chi connectivity index (χ3n) is 4.76. The molecular weight excluding hydrogens is 525 g/mol. The van der Waals surface area contributed by atoms with Crippen LogP contribution in [-0.2, 0) is 14.8 Å². The molecule has 0 fully saturated rings. The fourth-order valence-corrected chi connectivity index (χ4v) is 4.90. The minimum absolute atomic E-state index is 0.0268. The summed E-state index contributed by atoms with van der Waals surface area (Å²) in [7, 11) is -4.11. The Morgan fingerprint density at radius 3 is 2.31 bits per heavy atom. The van der Waals surface area contributed by atoms with Crippen molar-refractivity contribution >= 4 is 51.0 Å². The highest BCUT2D eigenvalue weighted by Crippen LogP contribution is 2.28. The van der Waals surface area contributed by atoms with E-state index in [0.29, 0.717) is 40.3 Å². The van der Waals surface area contributed by atoms with E-state index < -0.39 is 22.5 Å². The van der Waals surface area contributed by atoms with Crippen LogP contribution in [0, 0.1) is 0 Å². The zero-order chi connectivity index (χ0) is 26.1. The number of carbonyl (C=O) groups is 1. The summed E-state index contributed by atoms with van der Waals surface area (Å²) in [6.07, 6.45) is 1.42. The van der Waals surface area contributed by atoms with E-state index in [2.05, 4.69) is 10.5 Å². The Balaban J connectivity index is 1.80. The third-order valence-corrected chi connectivity index (χ3v) is 7.03. The number of sulfonamides is 1. The fraction of sp³-hybridized carbons (Fsp3) is 0.200. The predicted molar refractivity (Wildman–Crippen MR) is 142 cm³/mol. The van der Waals surface area contributed by atoms with Gasteiger partial charge >= 0.3 is 0 Å². The van der Waals surface area contributed by atoms with Crippen LogP contribution in [0.2, 0.25) is 10.0 Å². The lowest BCUT2D eigenvalue weighted by molar-refractivity contribution is -0.119. The molecule has 0 saturated heterocycles. The van der Waals surface area contributed by atoms with Crippen LogP contribution in [-0.4, -0.2) is 40.3 Å². The first kappa shape index (κ1) is 27.3. The molecule has 0 aromatic heterocycles. The molecule has 0 aliphatic heterocycles. The van der Waals surface area contributed by atoms with Crippen molar-refractivity contribution in [3.63, 3.8) is 0 Å². The average molecular weight is 550 g/mol. The van der Waals surface area contributed by atoms with Crippen LogP contribution in [0.1, 0.15) is 19.4 Å². The number of nitrogens with one attached hydrogen (secondary N) is 1. The quantitative estimate of drug-likeness (QED) is 0.264. The van der Waals surface area contributed by atoms with Gasteiger partial charge in [-0.25, -0.2) is 13.8 Å². The Kier molecular flexibility index (Phi) is 9.58.